The molecule has 0 bridgehead atoms. The Labute approximate surface area is 792 Å². The number of carboxylic acids is 1. The summed E-state index contributed by atoms with van der Waals surface area (Å²) in [5, 5.41) is 38.3. The number of esters is 1. The molecule has 702 valence electrons. The molecule has 6 aliphatic heterocycles. The summed E-state index contributed by atoms with van der Waals surface area (Å²) in [7, 11) is -13.5. The molecule has 0 aliphatic carbocycles. The summed E-state index contributed by atoms with van der Waals surface area (Å²) in [6, 6.07) is 29.2. The molecular formula is C80H114I3N6O28P2Pd2S2V-2. The van der Waals surface area contributed by atoms with Crippen molar-refractivity contribution in [2.24, 2.45) is 23.7 Å². The van der Waals surface area contributed by atoms with Gasteiger partial charge in [0.25, 0.3) is 0 Å². The minimum Gasteiger partial charge on any atom is 0 e. The van der Waals surface area contributed by atoms with E-state index in [1.165, 1.54) is 54.0 Å². The zero-order chi connectivity index (χ0) is 87.2. The largest absolute Gasteiger partial charge is 0 e. The van der Waals surface area contributed by atoms with E-state index in [4.69, 9.17) is 70.8 Å². The number of fused-ring (bicyclic) bond motifs is 4. The van der Waals surface area contributed by atoms with Crippen molar-refractivity contribution in [1.82, 2.24) is 29.0 Å². The van der Waals surface area contributed by atoms with E-state index in [1.807, 2.05) is 44.7 Å². The molecule has 0 radical (unpaired) electrons. The maximum Gasteiger partial charge on any atom is 0 e. The summed E-state index contributed by atoms with van der Waals surface area (Å²) in [5.41, 5.74) is 3.73. The number of alkyl carbamates (subject to hydrolysis) is 2. The predicted octanol–water partition coefficient (Wildman–Crippen LogP) is 11.4. The van der Waals surface area contributed by atoms with Gasteiger partial charge in [0, 0.05) is 106 Å². The fourth-order valence-electron chi connectivity index (χ4n) is 14.2. The zero-order valence-electron chi connectivity index (χ0n) is 70.7. The molecule has 124 heavy (non-hydrogen) atoms. The molecule has 4 saturated heterocycles. The van der Waals surface area contributed by atoms with Gasteiger partial charge in [-0.15, -0.1) is 0 Å². The van der Waals surface area contributed by atoms with Crippen molar-refractivity contribution in [3.63, 3.8) is 0 Å². The first-order chi connectivity index (χ1) is 56.9. The number of para-hydroxylation sites is 1. The second-order valence-corrected chi connectivity index (χ2v) is 73.0. The molecule has 4 fully saturated rings. The average Bonchev–Trinajstić information content (AvgIpc) is 1.70. The third kappa shape index (κ3) is 33.7. The van der Waals surface area contributed by atoms with Crippen LogP contribution in [0.4, 0.5) is 9.59 Å². The molecule has 0 aromatic heterocycles. The Balaban J connectivity index is 0.000000413. The van der Waals surface area contributed by atoms with Crippen molar-refractivity contribution in [3.05, 3.63) is 152 Å². The molecule has 6 aliphatic rings. The van der Waals surface area contributed by atoms with Gasteiger partial charge in [-0.3, -0.25) is 23.4 Å². The first-order valence-corrected chi connectivity index (χ1v) is 59.0. The van der Waals surface area contributed by atoms with E-state index in [9.17, 15) is 60.3 Å². The Bertz CT molecular complexity index is 4520. The van der Waals surface area contributed by atoms with Crippen LogP contribution < -0.4 is 34.1 Å². The molecule has 44 heteroatoms. The number of ether oxygens (including phenoxy) is 11. The average molecular weight is 2380 g/mol. The number of hydrogen-bond acceptors (Lipinski definition) is 28. The van der Waals surface area contributed by atoms with Gasteiger partial charge in [0.2, 0.25) is 26.4 Å². The van der Waals surface area contributed by atoms with Gasteiger partial charge in [-0.2, -0.15) is 8.61 Å². The first kappa shape index (κ1) is 111. The molecule has 11 rings (SSSR count). The number of nitrogens with one attached hydrogen (secondary N) is 2. The van der Waals surface area contributed by atoms with Crippen LogP contribution in [0.3, 0.4) is 0 Å². The molecule has 5 aromatic carbocycles. The van der Waals surface area contributed by atoms with Crippen molar-refractivity contribution >= 4 is 119 Å². The summed E-state index contributed by atoms with van der Waals surface area (Å²) in [4.78, 5) is 64.1. The van der Waals surface area contributed by atoms with Crippen molar-refractivity contribution in [2.75, 3.05) is 112 Å². The molecule has 5 aromatic rings. The molecule has 34 nitrogen and oxygen atoms in total. The van der Waals surface area contributed by atoms with Gasteiger partial charge < -0.3 is 102 Å². The number of halogens is 3. The van der Waals surface area contributed by atoms with Crippen molar-refractivity contribution < 1.29 is 177 Å². The Hall–Kier alpha value is -3.48. The predicted molar refractivity (Wildman–Crippen MR) is 474 cm³/mol. The summed E-state index contributed by atoms with van der Waals surface area (Å²) < 4.78 is 161. The number of benzene rings is 5. The van der Waals surface area contributed by atoms with Crippen LogP contribution in [0.15, 0.2) is 125 Å². The summed E-state index contributed by atoms with van der Waals surface area (Å²) in [6.45, 7) is 15.0. The summed E-state index contributed by atoms with van der Waals surface area (Å²) >= 11 is 7.39. The van der Waals surface area contributed by atoms with Gasteiger partial charge in [-0.05, 0) is 165 Å². The minimum atomic E-state index is -4.35. The fourth-order valence-corrected chi connectivity index (χ4v) is 19.9. The molecule has 2 unspecified atom stereocenters. The van der Waals surface area contributed by atoms with Gasteiger partial charge in [0.1, 0.15) is 41.0 Å². The monoisotopic (exact) mass is 2380 g/mol. The summed E-state index contributed by atoms with van der Waals surface area (Å²) in [5.74, 6) is -0.432. The van der Waals surface area contributed by atoms with Crippen LogP contribution in [0.1, 0.15) is 83.6 Å². The van der Waals surface area contributed by atoms with Crippen LogP contribution in [0.5, 0.6) is 28.7 Å². The van der Waals surface area contributed by atoms with E-state index in [0.717, 1.165) is 29.2 Å². The van der Waals surface area contributed by atoms with Gasteiger partial charge in [0.05, 0.1) is 93.2 Å². The third-order valence-corrected chi connectivity index (χ3v) is 26.5. The molecule has 0 spiro atoms. The van der Waals surface area contributed by atoms with Gasteiger partial charge in [0.15, 0.2) is 31.1 Å². The van der Waals surface area contributed by atoms with E-state index < -0.39 is 133 Å². The molecule has 6 heterocycles. The van der Waals surface area contributed by atoms with E-state index in [2.05, 4.69) is 75.5 Å². The quantitative estimate of drug-likeness (QED) is 0.00531. The number of sulfonamides is 2. The maximum atomic E-state index is 14.0. The Kier molecular flexibility index (Phi) is 47.2. The Morgan fingerprint density at radius 1 is 0.573 bits per heavy atom. The second kappa shape index (κ2) is 52.7. The zero-order valence-corrected chi connectivity index (χ0v) is 85.1. The first-order valence-electron chi connectivity index (χ1n) is 39.1. The van der Waals surface area contributed by atoms with Crippen molar-refractivity contribution in [1.29, 1.82) is 0 Å². The van der Waals surface area contributed by atoms with E-state index >= 15 is 0 Å². The number of aliphatic hydroxyl groups excluding tert-OH is 2. The standard InChI is InChI=1S/C43H58N3O14PS.C35H50N3O14PS.2CH3.3HI.2Pd.V/c1-6-54-41(48)30(4)59-61(50,60-34-10-8-7-9-11-34)28-57-35-13-12-32-24-45(20-18-31(32)22-35)25-38(44-43(49)58-40-27-56-42-37(40)19-21-55-42)39(47)26-46(23-29(2)3)62(51,52)36-16-14-33(53-5)15-17-36;1-22(2)16-38(54(45,46)28-9-7-26(47-4)8-10-28)19-31(39)30(36-35(42)51-32-20-49-34-29(32)12-14-48-34)18-37-13-11-24-15-27(6-5-25(24)17-37)50-21-53(43,44)52-23(3)33(40)41;;;;;;;;/h7-17,22,29-30,37-40,42,47H,6,18-21,23-28H2,1-5H3,(H,44,49);5-10,15,22-23,29-32,34,39H,11-14,16-21H2,1-4H3,(H,36,42)(H,40,41)(H,43,44);2*1H3;3*1H;;;/q;;2*-1;;;;;;+3/p-3/t30-,37-,38-,39+,40-,42+,61?;23-,29-,30-,31+,32-,34+;;;;;;;;/m00......../s1. The molecule has 2 amide bonds. The van der Waals surface area contributed by atoms with Crippen LogP contribution >= 0.6 is 75.1 Å². The Morgan fingerprint density at radius 2 is 0.984 bits per heavy atom. The molecular weight excluding hydrogens is 2260 g/mol. The van der Waals surface area contributed by atoms with Crippen molar-refractivity contribution in [2.45, 2.75) is 158 Å². The molecule has 0 saturated carbocycles. The number of methoxy groups -OCH3 is 2. The fraction of sp³-hybridized carbons (Fsp3) is 0.550. The Morgan fingerprint density at radius 3 is 1.38 bits per heavy atom. The van der Waals surface area contributed by atoms with Gasteiger partial charge >= 0.3 is 104 Å². The SMILES string of the molecule is CCOC(=O)[C@H](C)OP(=O)(COc1ccc2c(c1)CCN(C[C@H](NC(=O)O[C@H]1CO[C@H]3OCC[C@H]31)[C@H](O)CN(CC(C)C)S(=O)(=O)c1ccc(OC)cc1)C2)Oc1ccccc1.COc1ccc(S(=O)(=O)N(CC(C)C)C[C@@H](O)[C@H](CN2CCc3cc(OCP(=O)(O)O[C@@H](C)C(=O)O)ccc3C2)NC(=O)O[C@H]2CO[C@H]3OCC[C@H]32)cc1.[CH3-].[CH3-].[I][V]([I])[I].[Pd].[Pd]. The number of carbonyl (C=O) groups excluding carboxylic acids is 3. The maximum absolute atomic E-state index is 14.0. The smallest absolute Gasteiger partial charge is 0 e. The third-order valence-electron chi connectivity index (χ3n) is 20.2. The van der Waals surface area contributed by atoms with E-state index in [1.54, 1.807) is 85.8 Å². The van der Waals surface area contributed by atoms with E-state index in [-0.39, 0.29) is 159 Å². The number of aliphatic carboxylic acids is 1. The van der Waals surface area contributed by atoms with E-state index in [0.29, 0.717) is 88.1 Å². The van der Waals surface area contributed by atoms with Crippen LogP contribution in [0.25, 0.3) is 0 Å². The minimum absolute atomic E-state index is 0. The number of rotatable bonds is 39. The number of carbonyl (C=O) groups is 4. The second-order valence-electron chi connectivity index (χ2n) is 30.2. The van der Waals surface area contributed by atoms with Crippen LogP contribution in [-0.2, 0) is 153 Å². The number of nitrogens with zero attached hydrogens (tertiary/aromatic N) is 4. The number of hydrogen-bond donors (Lipinski definition) is 6. The molecule has 14 atom stereocenters. The van der Waals surface area contributed by atoms with Crippen molar-refractivity contribution in [3.8, 4) is 28.7 Å². The van der Waals surface area contributed by atoms with Crippen LogP contribution in [-0.4, -0.2) is 253 Å². The van der Waals surface area contributed by atoms with Gasteiger partial charge in [-0.25, -0.2) is 40.6 Å². The normalized spacial score (nSPS) is 20.9. The molecule has 6 N–H and O–H groups in total. The van der Waals surface area contributed by atoms with Crippen LogP contribution in [0.2, 0.25) is 0 Å². The summed E-state index contributed by atoms with van der Waals surface area (Å²) in [6.07, 6.45) is -7.56. The number of amides is 2. The van der Waals surface area contributed by atoms with Gasteiger partial charge in [-0.1, -0.05) is 58.0 Å². The number of aliphatic hydroxyl groups is 2. The topological polar surface area (TPSA) is 418 Å². The number of carboxylic acid groups (broad SMARTS) is 1. The van der Waals surface area contributed by atoms with Crippen LogP contribution in [0, 0.1) is 38.5 Å².